The molecule has 1 nitrogen and oxygen atoms in total. The van der Waals surface area contributed by atoms with Crippen LogP contribution < -0.4 is 0 Å². The fourth-order valence-corrected chi connectivity index (χ4v) is 3.12. The van der Waals surface area contributed by atoms with Crippen LogP contribution in [0.15, 0.2) is 0 Å². The van der Waals surface area contributed by atoms with Crippen molar-refractivity contribution >= 4 is 12.6 Å². The molecule has 0 radical (unpaired) electrons. The van der Waals surface area contributed by atoms with E-state index in [1.54, 1.807) is 0 Å². The lowest BCUT2D eigenvalue weighted by Gasteiger charge is -2.23. The molecule has 2 rings (SSSR count). The third-order valence-electron chi connectivity index (χ3n) is 3.68. The first-order chi connectivity index (χ1) is 6.40. The lowest BCUT2D eigenvalue weighted by atomic mass is 9.82. The van der Waals surface area contributed by atoms with Crippen molar-refractivity contribution in [1.29, 1.82) is 0 Å². The second-order valence-corrected chi connectivity index (χ2v) is 5.09. The molecular formula is C11H21NS. The van der Waals surface area contributed by atoms with Gasteiger partial charge in [0.05, 0.1) is 0 Å². The Kier molecular flexibility index (Phi) is 3.56. The van der Waals surface area contributed by atoms with Crippen molar-refractivity contribution in [3.63, 3.8) is 0 Å². The summed E-state index contributed by atoms with van der Waals surface area (Å²) in [7, 11) is 0. The Hall–Kier alpha value is 0.310. The number of rotatable bonds is 3. The molecule has 0 aromatic heterocycles. The van der Waals surface area contributed by atoms with Crippen LogP contribution >= 0.6 is 12.6 Å². The minimum atomic E-state index is 1.05. The molecule has 2 aliphatic rings. The molecule has 13 heavy (non-hydrogen) atoms. The molecule has 0 aromatic carbocycles. The highest BCUT2D eigenvalue weighted by atomic mass is 32.1. The normalized spacial score (nSPS) is 34.8. The maximum Gasteiger partial charge on any atom is 0.00129 e. The van der Waals surface area contributed by atoms with Crippen LogP contribution in [0.2, 0.25) is 0 Å². The zero-order chi connectivity index (χ0) is 9.10. The first kappa shape index (κ1) is 9.85. The van der Waals surface area contributed by atoms with Crippen LogP contribution in [0, 0.1) is 11.8 Å². The van der Waals surface area contributed by atoms with E-state index in [1.165, 1.54) is 51.7 Å². The van der Waals surface area contributed by atoms with Crippen LogP contribution in [0.4, 0.5) is 0 Å². The van der Waals surface area contributed by atoms with Crippen molar-refractivity contribution in [3.05, 3.63) is 0 Å². The number of hydrogen-bond acceptors (Lipinski definition) is 2. The quantitative estimate of drug-likeness (QED) is 0.683. The highest BCUT2D eigenvalue weighted by Crippen LogP contribution is 2.35. The Morgan fingerprint density at radius 3 is 2.23 bits per heavy atom. The van der Waals surface area contributed by atoms with Crippen LogP contribution in [0.5, 0.6) is 0 Å². The number of thiol groups is 1. The molecule has 76 valence electrons. The Balaban J connectivity index is 1.77. The van der Waals surface area contributed by atoms with E-state index in [0.717, 1.165) is 17.6 Å². The Morgan fingerprint density at radius 1 is 1.08 bits per heavy atom. The van der Waals surface area contributed by atoms with Crippen molar-refractivity contribution < 1.29 is 0 Å². The van der Waals surface area contributed by atoms with E-state index in [9.17, 15) is 0 Å². The van der Waals surface area contributed by atoms with Gasteiger partial charge in [0.15, 0.2) is 0 Å². The van der Waals surface area contributed by atoms with Gasteiger partial charge in [0.25, 0.3) is 0 Å². The van der Waals surface area contributed by atoms with Gasteiger partial charge in [-0.25, -0.2) is 0 Å². The molecule has 0 bridgehead atoms. The molecule has 2 atom stereocenters. The molecule has 2 fully saturated rings. The zero-order valence-electron chi connectivity index (χ0n) is 8.41. The summed E-state index contributed by atoms with van der Waals surface area (Å²) in [5.41, 5.74) is 0. The minimum absolute atomic E-state index is 1.05. The Bertz CT molecular complexity index is 146. The van der Waals surface area contributed by atoms with Gasteiger partial charge in [-0.05, 0) is 43.4 Å². The standard InChI is InChI=1S/C11H21NS/c13-7-3-6-12-8-10-4-1-2-5-11(10)9-12/h10-11,13H,1-9H2. The van der Waals surface area contributed by atoms with Crippen molar-refractivity contribution in [3.8, 4) is 0 Å². The number of likely N-dealkylation sites (tertiary alicyclic amines) is 1. The monoisotopic (exact) mass is 199 g/mol. The van der Waals surface area contributed by atoms with Crippen molar-refractivity contribution in [2.24, 2.45) is 11.8 Å². The van der Waals surface area contributed by atoms with Gasteiger partial charge < -0.3 is 4.90 Å². The largest absolute Gasteiger partial charge is 0.303 e. The maximum atomic E-state index is 4.27. The van der Waals surface area contributed by atoms with Crippen LogP contribution in [-0.2, 0) is 0 Å². The van der Waals surface area contributed by atoms with Gasteiger partial charge in [-0.2, -0.15) is 12.6 Å². The van der Waals surface area contributed by atoms with Gasteiger partial charge in [0, 0.05) is 13.1 Å². The lowest BCUT2D eigenvalue weighted by molar-refractivity contribution is 0.299. The molecule has 2 heteroatoms. The number of fused-ring (bicyclic) bond motifs is 1. The first-order valence-electron chi connectivity index (χ1n) is 5.73. The van der Waals surface area contributed by atoms with E-state index in [2.05, 4.69) is 17.5 Å². The summed E-state index contributed by atoms with van der Waals surface area (Å²) in [6.45, 7) is 4.06. The highest BCUT2D eigenvalue weighted by Gasteiger charge is 2.33. The molecule has 0 amide bonds. The second kappa shape index (κ2) is 4.70. The topological polar surface area (TPSA) is 3.24 Å². The molecule has 1 aliphatic heterocycles. The van der Waals surface area contributed by atoms with Gasteiger partial charge in [-0.15, -0.1) is 0 Å². The molecular weight excluding hydrogens is 178 g/mol. The van der Waals surface area contributed by atoms with E-state index >= 15 is 0 Å². The van der Waals surface area contributed by atoms with E-state index in [-0.39, 0.29) is 0 Å². The van der Waals surface area contributed by atoms with Gasteiger partial charge >= 0.3 is 0 Å². The smallest absolute Gasteiger partial charge is 0.00129 e. The minimum Gasteiger partial charge on any atom is -0.303 e. The van der Waals surface area contributed by atoms with Gasteiger partial charge in [0.1, 0.15) is 0 Å². The second-order valence-electron chi connectivity index (χ2n) is 4.64. The lowest BCUT2D eigenvalue weighted by Crippen LogP contribution is -2.22. The fourth-order valence-electron chi connectivity index (χ4n) is 2.98. The van der Waals surface area contributed by atoms with Crippen LogP contribution in [0.3, 0.4) is 0 Å². The van der Waals surface area contributed by atoms with Crippen molar-refractivity contribution in [1.82, 2.24) is 4.90 Å². The average Bonchev–Trinajstić information content (AvgIpc) is 2.57. The molecule has 1 aliphatic carbocycles. The summed E-state index contributed by atoms with van der Waals surface area (Å²) in [4.78, 5) is 2.66. The van der Waals surface area contributed by atoms with Crippen molar-refractivity contribution in [2.45, 2.75) is 32.1 Å². The van der Waals surface area contributed by atoms with E-state index in [1.807, 2.05) is 0 Å². The Labute approximate surface area is 87.3 Å². The Morgan fingerprint density at radius 2 is 1.69 bits per heavy atom. The third kappa shape index (κ3) is 2.41. The van der Waals surface area contributed by atoms with E-state index in [0.29, 0.717) is 0 Å². The fraction of sp³-hybridized carbons (Fsp3) is 1.00. The summed E-state index contributed by atoms with van der Waals surface area (Å²) in [5.74, 6) is 3.15. The molecule has 0 spiro atoms. The number of nitrogens with zero attached hydrogens (tertiary/aromatic N) is 1. The summed E-state index contributed by atoms with van der Waals surface area (Å²) in [5, 5.41) is 0. The summed E-state index contributed by atoms with van der Waals surface area (Å²) in [6.07, 6.45) is 7.25. The summed E-state index contributed by atoms with van der Waals surface area (Å²) >= 11 is 4.27. The van der Waals surface area contributed by atoms with Crippen LogP contribution in [0.1, 0.15) is 32.1 Å². The van der Waals surface area contributed by atoms with Gasteiger partial charge in [-0.1, -0.05) is 12.8 Å². The molecule has 0 N–H and O–H groups in total. The van der Waals surface area contributed by atoms with Gasteiger partial charge in [0.2, 0.25) is 0 Å². The molecule has 2 unspecified atom stereocenters. The third-order valence-corrected chi connectivity index (χ3v) is 4.00. The summed E-state index contributed by atoms with van der Waals surface area (Å²) < 4.78 is 0. The first-order valence-corrected chi connectivity index (χ1v) is 6.36. The number of hydrogen-bond donors (Lipinski definition) is 1. The van der Waals surface area contributed by atoms with Crippen LogP contribution in [-0.4, -0.2) is 30.3 Å². The predicted molar refractivity (Wildman–Crippen MR) is 60.4 cm³/mol. The summed E-state index contributed by atoms with van der Waals surface area (Å²) in [6, 6.07) is 0. The van der Waals surface area contributed by atoms with Gasteiger partial charge in [-0.3, -0.25) is 0 Å². The van der Waals surface area contributed by atoms with Crippen LogP contribution in [0.25, 0.3) is 0 Å². The molecule has 1 saturated carbocycles. The maximum absolute atomic E-state index is 4.27. The van der Waals surface area contributed by atoms with E-state index in [4.69, 9.17) is 0 Å². The zero-order valence-corrected chi connectivity index (χ0v) is 9.31. The highest BCUT2D eigenvalue weighted by molar-refractivity contribution is 7.80. The molecule has 0 aromatic rings. The molecule has 1 heterocycles. The van der Waals surface area contributed by atoms with E-state index < -0.39 is 0 Å². The van der Waals surface area contributed by atoms with Crippen molar-refractivity contribution in [2.75, 3.05) is 25.4 Å². The predicted octanol–water partition coefficient (Wildman–Crippen LogP) is 2.43. The molecule has 1 saturated heterocycles. The average molecular weight is 199 g/mol. The SMILES string of the molecule is SCCCN1CC2CCCCC2C1.